The van der Waals surface area contributed by atoms with Crippen LogP contribution < -0.4 is 11.3 Å². The Labute approximate surface area is 108 Å². The van der Waals surface area contributed by atoms with E-state index in [1.165, 1.54) is 4.68 Å². The second-order valence-corrected chi connectivity index (χ2v) is 4.19. The maximum atomic E-state index is 12.3. The molecule has 0 atom stereocenters. The van der Waals surface area contributed by atoms with Crippen LogP contribution in [0.25, 0.3) is 10.9 Å². The Morgan fingerprint density at radius 3 is 2.53 bits per heavy atom. The molecule has 5 nitrogen and oxygen atoms in total. The van der Waals surface area contributed by atoms with Crippen molar-refractivity contribution in [3.63, 3.8) is 0 Å². The molecule has 0 aliphatic heterocycles. The number of rotatable bonds is 1. The molecule has 0 aliphatic rings. The summed E-state index contributed by atoms with van der Waals surface area (Å²) in [5.74, 6) is -0.293. The maximum Gasteiger partial charge on any atom is 0.277 e. The van der Waals surface area contributed by atoms with Crippen molar-refractivity contribution in [1.29, 1.82) is 0 Å². The normalized spacial score (nSPS) is 10.7. The van der Waals surface area contributed by atoms with Gasteiger partial charge in [0.25, 0.3) is 11.5 Å². The number of hydrogen-bond donors (Lipinski definition) is 2. The number of hydrogen-bond acceptors (Lipinski definition) is 3. The van der Waals surface area contributed by atoms with E-state index in [4.69, 9.17) is 5.73 Å². The van der Waals surface area contributed by atoms with E-state index in [0.717, 1.165) is 0 Å². The van der Waals surface area contributed by atoms with Gasteiger partial charge in [-0.05, 0) is 24.3 Å². The molecule has 1 aromatic heterocycles. The Morgan fingerprint density at radius 2 is 1.79 bits per heavy atom. The molecule has 19 heavy (non-hydrogen) atoms. The van der Waals surface area contributed by atoms with Crippen molar-refractivity contribution in [3.8, 4) is 0 Å². The van der Waals surface area contributed by atoms with Crippen LogP contribution in [0.15, 0.2) is 53.3 Å². The summed E-state index contributed by atoms with van der Waals surface area (Å²) in [5.41, 5.74) is 6.74. The van der Waals surface area contributed by atoms with Gasteiger partial charge >= 0.3 is 0 Å². The minimum Gasteiger partial charge on any atom is -0.398 e. The number of fused-ring (bicyclic) bond motifs is 1. The molecule has 0 amide bonds. The highest BCUT2D eigenvalue weighted by molar-refractivity contribution is 6.02. The zero-order valence-electron chi connectivity index (χ0n) is 9.96. The highest BCUT2D eigenvalue weighted by Gasteiger charge is 2.15. The van der Waals surface area contributed by atoms with Crippen LogP contribution in [0.3, 0.4) is 0 Å². The molecule has 94 valence electrons. The summed E-state index contributed by atoms with van der Waals surface area (Å²) in [5, 5.41) is 2.86. The van der Waals surface area contributed by atoms with E-state index in [9.17, 15) is 9.59 Å². The predicted molar refractivity (Wildman–Crippen MR) is 73.1 cm³/mol. The fourth-order valence-electron chi connectivity index (χ4n) is 2.08. The summed E-state index contributed by atoms with van der Waals surface area (Å²) in [6.07, 6.45) is 0. The lowest BCUT2D eigenvalue weighted by atomic mass is 10.2. The lowest BCUT2D eigenvalue weighted by Crippen LogP contribution is -2.15. The van der Waals surface area contributed by atoms with Gasteiger partial charge in [0.1, 0.15) is 0 Å². The van der Waals surface area contributed by atoms with Crippen LogP contribution in [0.2, 0.25) is 0 Å². The average molecular weight is 253 g/mol. The monoisotopic (exact) mass is 253 g/mol. The van der Waals surface area contributed by atoms with Gasteiger partial charge in [-0.15, -0.1) is 0 Å². The van der Waals surface area contributed by atoms with E-state index in [1.807, 2.05) is 6.07 Å². The third kappa shape index (κ3) is 1.72. The SMILES string of the molecule is Nc1cccc2c1c(=O)[nH]n2C(=O)c1ccccc1. The van der Waals surface area contributed by atoms with Gasteiger partial charge in [-0.25, -0.2) is 4.68 Å². The van der Waals surface area contributed by atoms with Crippen LogP contribution in [0.4, 0.5) is 5.69 Å². The minimum absolute atomic E-state index is 0.293. The molecule has 0 spiro atoms. The fourth-order valence-corrected chi connectivity index (χ4v) is 2.08. The summed E-state index contributed by atoms with van der Waals surface area (Å²) in [4.78, 5) is 24.2. The fraction of sp³-hybridized carbons (Fsp3) is 0. The Kier molecular flexibility index (Phi) is 2.45. The van der Waals surface area contributed by atoms with E-state index < -0.39 is 0 Å². The lowest BCUT2D eigenvalue weighted by molar-refractivity contribution is 0.0950. The van der Waals surface area contributed by atoms with Gasteiger partial charge in [0, 0.05) is 11.3 Å². The van der Waals surface area contributed by atoms with Gasteiger partial charge in [0.2, 0.25) is 0 Å². The maximum absolute atomic E-state index is 12.3. The molecule has 0 saturated carbocycles. The second-order valence-electron chi connectivity index (χ2n) is 4.19. The summed E-state index contributed by atoms with van der Waals surface area (Å²) < 4.78 is 1.23. The van der Waals surface area contributed by atoms with Crippen molar-refractivity contribution in [2.24, 2.45) is 0 Å². The number of carbonyl (C=O) groups excluding carboxylic acids is 1. The molecular weight excluding hydrogens is 242 g/mol. The standard InChI is InChI=1S/C14H11N3O2/c15-10-7-4-8-11-12(10)13(18)16-17(11)14(19)9-5-2-1-3-6-9/h1-8H,15H2,(H,16,18). The zero-order chi connectivity index (χ0) is 13.4. The quantitative estimate of drug-likeness (QED) is 0.646. The van der Waals surface area contributed by atoms with E-state index in [0.29, 0.717) is 22.2 Å². The molecule has 3 rings (SSSR count). The number of nitrogens with one attached hydrogen (secondary N) is 1. The van der Waals surface area contributed by atoms with Crippen molar-refractivity contribution in [1.82, 2.24) is 9.78 Å². The predicted octanol–water partition coefficient (Wildman–Crippen LogP) is 1.60. The van der Waals surface area contributed by atoms with E-state index >= 15 is 0 Å². The van der Waals surface area contributed by atoms with Crippen LogP contribution >= 0.6 is 0 Å². The average Bonchev–Trinajstić information content (AvgIpc) is 2.78. The van der Waals surface area contributed by atoms with Crippen LogP contribution in [0.1, 0.15) is 10.4 Å². The highest BCUT2D eigenvalue weighted by Crippen LogP contribution is 2.17. The molecule has 0 bridgehead atoms. The number of nitrogens with zero attached hydrogens (tertiary/aromatic N) is 1. The zero-order valence-corrected chi connectivity index (χ0v) is 9.96. The molecule has 2 aromatic carbocycles. The van der Waals surface area contributed by atoms with Gasteiger partial charge in [-0.3, -0.25) is 14.7 Å². The van der Waals surface area contributed by atoms with Gasteiger partial charge < -0.3 is 5.73 Å². The molecule has 0 aliphatic carbocycles. The van der Waals surface area contributed by atoms with Crippen molar-refractivity contribution in [3.05, 3.63) is 64.4 Å². The van der Waals surface area contributed by atoms with Crippen molar-refractivity contribution >= 4 is 22.5 Å². The van der Waals surface area contributed by atoms with Crippen LogP contribution in [0.5, 0.6) is 0 Å². The summed E-state index contributed by atoms with van der Waals surface area (Å²) in [6, 6.07) is 13.8. The molecule has 3 N–H and O–H groups in total. The highest BCUT2D eigenvalue weighted by atomic mass is 16.2. The van der Waals surface area contributed by atoms with Gasteiger partial charge in [-0.1, -0.05) is 24.3 Å². The molecule has 0 radical (unpaired) electrons. The molecule has 5 heteroatoms. The van der Waals surface area contributed by atoms with E-state index in [1.54, 1.807) is 42.5 Å². The number of aromatic nitrogens is 2. The first-order chi connectivity index (χ1) is 9.18. The van der Waals surface area contributed by atoms with Crippen molar-refractivity contribution in [2.75, 3.05) is 5.73 Å². The first-order valence-electron chi connectivity index (χ1n) is 5.77. The van der Waals surface area contributed by atoms with Crippen LogP contribution in [-0.2, 0) is 0 Å². The number of H-pyrrole nitrogens is 1. The molecular formula is C14H11N3O2. The Balaban J connectivity index is 2.25. The first kappa shape index (κ1) is 11.3. The number of anilines is 1. The Bertz CT molecular complexity index is 816. The lowest BCUT2D eigenvalue weighted by Gasteiger charge is -2.03. The third-order valence-electron chi connectivity index (χ3n) is 2.98. The number of nitrogens with two attached hydrogens (primary N) is 1. The number of nitrogen functional groups attached to an aromatic ring is 1. The molecule has 3 aromatic rings. The van der Waals surface area contributed by atoms with Crippen molar-refractivity contribution in [2.45, 2.75) is 0 Å². The summed E-state index contributed by atoms with van der Waals surface area (Å²) in [7, 11) is 0. The number of carbonyl (C=O) groups is 1. The van der Waals surface area contributed by atoms with Gasteiger partial charge in [-0.2, -0.15) is 0 Å². The molecule has 0 unspecified atom stereocenters. The van der Waals surface area contributed by atoms with Crippen LogP contribution in [0, 0.1) is 0 Å². The Morgan fingerprint density at radius 1 is 1.05 bits per heavy atom. The smallest absolute Gasteiger partial charge is 0.277 e. The molecule has 0 fully saturated rings. The van der Waals surface area contributed by atoms with Gasteiger partial charge in [0.15, 0.2) is 0 Å². The molecule has 0 saturated heterocycles. The van der Waals surface area contributed by atoms with Gasteiger partial charge in [0.05, 0.1) is 10.9 Å². The second kappa shape index (κ2) is 4.13. The first-order valence-corrected chi connectivity index (χ1v) is 5.77. The summed E-state index contributed by atoms with van der Waals surface area (Å²) >= 11 is 0. The summed E-state index contributed by atoms with van der Waals surface area (Å²) in [6.45, 7) is 0. The molecule has 1 heterocycles. The topological polar surface area (TPSA) is 80.9 Å². The van der Waals surface area contributed by atoms with Crippen molar-refractivity contribution < 1.29 is 4.79 Å². The minimum atomic E-state index is -0.364. The number of benzene rings is 2. The number of aromatic amines is 1. The third-order valence-corrected chi connectivity index (χ3v) is 2.98. The van der Waals surface area contributed by atoms with Crippen LogP contribution in [-0.4, -0.2) is 15.7 Å². The largest absolute Gasteiger partial charge is 0.398 e. The Hall–Kier alpha value is -2.82. The van der Waals surface area contributed by atoms with E-state index in [-0.39, 0.29) is 11.5 Å². The van der Waals surface area contributed by atoms with E-state index in [2.05, 4.69) is 5.10 Å².